The molecule has 5 nitrogen and oxygen atoms in total. The Hall–Kier alpha value is -0.870. The van der Waals surface area contributed by atoms with E-state index in [2.05, 4.69) is 0 Å². The molecule has 0 fully saturated rings. The van der Waals surface area contributed by atoms with Crippen molar-refractivity contribution in [3.63, 3.8) is 0 Å². The monoisotopic (exact) mass is 292 g/mol. The van der Waals surface area contributed by atoms with Crippen LogP contribution in [0.4, 0.5) is 0 Å². The van der Waals surface area contributed by atoms with Crippen LogP contribution in [0.15, 0.2) is 18.2 Å². The number of rotatable bonds is 6. The van der Waals surface area contributed by atoms with Crippen molar-refractivity contribution >= 4 is 30.5 Å². The Balaban J connectivity index is 3.19. The van der Waals surface area contributed by atoms with Crippen molar-refractivity contribution in [1.82, 2.24) is 0 Å². The first-order chi connectivity index (χ1) is 8.44. The third-order valence-corrected chi connectivity index (χ3v) is 4.52. The maximum atomic E-state index is 12.4. The van der Waals surface area contributed by atoms with Gasteiger partial charge in [0.1, 0.15) is 0 Å². The van der Waals surface area contributed by atoms with Crippen LogP contribution in [0, 0.1) is 0 Å². The van der Waals surface area contributed by atoms with E-state index in [1.54, 1.807) is 13.8 Å². The lowest BCUT2D eigenvalue weighted by Gasteiger charge is -2.17. The summed E-state index contributed by atoms with van der Waals surface area (Å²) in [4.78, 5) is 10.8. The van der Waals surface area contributed by atoms with Crippen molar-refractivity contribution in [3.8, 4) is 0 Å². The third-order valence-electron chi connectivity index (χ3n) is 2.10. The summed E-state index contributed by atoms with van der Waals surface area (Å²) in [6.07, 6.45) is 0. The molecule has 0 heterocycles. The van der Waals surface area contributed by atoms with Gasteiger partial charge < -0.3 is 14.2 Å². The largest absolute Gasteiger partial charge is 0.478 e. The van der Waals surface area contributed by atoms with E-state index in [-0.39, 0.29) is 29.1 Å². The fourth-order valence-corrected chi connectivity index (χ4v) is 3.31. The van der Waals surface area contributed by atoms with Crippen LogP contribution in [-0.4, -0.2) is 24.3 Å². The Bertz CT molecular complexity index is 478. The maximum Gasteiger partial charge on any atom is 0.361 e. The fourth-order valence-electron chi connectivity index (χ4n) is 1.37. The van der Waals surface area contributed by atoms with Crippen LogP contribution < -0.4 is 5.30 Å². The zero-order valence-electron chi connectivity index (χ0n) is 10.1. The van der Waals surface area contributed by atoms with Crippen LogP contribution in [0.5, 0.6) is 0 Å². The van der Waals surface area contributed by atoms with Crippen molar-refractivity contribution in [2.24, 2.45) is 0 Å². The molecule has 1 N–H and O–H groups in total. The summed E-state index contributed by atoms with van der Waals surface area (Å²) < 4.78 is 22.7. The van der Waals surface area contributed by atoms with Gasteiger partial charge in [0.05, 0.1) is 29.1 Å². The van der Waals surface area contributed by atoms with E-state index in [0.717, 1.165) is 0 Å². The molecule has 0 radical (unpaired) electrons. The predicted octanol–water partition coefficient (Wildman–Crippen LogP) is 2.93. The molecule has 100 valence electrons. The SMILES string of the molecule is CCOP(=O)(OCC)c1ccc(C(=O)O)c(Cl)c1. The summed E-state index contributed by atoms with van der Waals surface area (Å²) in [6, 6.07) is 3.98. The average Bonchev–Trinajstić information content (AvgIpc) is 2.29. The van der Waals surface area contributed by atoms with Crippen molar-refractivity contribution in [3.05, 3.63) is 28.8 Å². The normalized spacial score (nSPS) is 11.5. The van der Waals surface area contributed by atoms with Gasteiger partial charge in [-0.05, 0) is 32.0 Å². The summed E-state index contributed by atoms with van der Waals surface area (Å²) in [5.41, 5.74) is -0.0556. The van der Waals surface area contributed by atoms with Crippen LogP contribution in [0.1, 0.15) is 24.2 Å². The standard InChI is InChI=1S/C11H14ClO5P/c1-3-16-18(15,17-4-2)8-5-6-9(11(13)14)10(12)7-8/h5-7H,3-4H2,1-2H3,(H,13,14). The van der Waals surface area contributed by atoms with Crippen molar-refractivity contribution < 1.29 is 23.5 Å². The molecule has 7 heteroatoms. The second kappa shape index (κ2) is 6.34. The molecule has 0 saturated carbocycles. The molecular formula is C11H14ClO5P. The highest BCUT2D eigenvalue weighted by atomic mass is 35.5. The van der Waals surface area contributed by atoms with Crippen molar-refractivity contribution in [2.45, 2.75) is 13.8 Å². The van der Waals surface area contributed by atoms with Crippen LogP contribution in [0.3, 0.4) is 0 Å². The first-order valence-electron chi connectivity index (χ1n) is 5.37. The Morgan fingerprint density at radius 1 is 1.33 bits per heavy atom. The highest BCUT2D eigenvalue weighted by molar-refractivity contribution is 7.62. The van der Waals surface area contributed by atoms with Gasteiger partial charge in [0.15, 0.2) is 0 Å². The van der Waals surface area contributed by atoms with E-state index >= 15 is 0 Å². The summed E-state index contributed by atoms with van der Waals surface area (Å²) in [5, 5.41) is 9.10. The lowest BCUT2D eigenvalue weighted by atomic mass is 10.2. The molecule has 0 amide bonds. The van der Waals surface area contributed by atoms with Crippen LogP contribution in [-0.2, 0) is 13.6 Å². The number of carboxylic acids is 1. The summed E-state index contributed by atoms with van der Waals surface area (Å²) >= 11 is 5.82. The number of hydrogen-bond acceptors (Lipinski definition) is 4. The second-order valence-electron chi connectivity index (χ2n) is 3.30. The van der Waals surface area contributed by atoms with Crippen LogP contribution in [0.25, 0.3) is 0 Å². The molecule has 0 unspecified atom stereocenters. The van der Waals surface area contributed by atoms with E-state index < -0.39 is 13.6 Å². The Morgan fingerprint density at radius 3 is 2.28 bits per heavy atom. The summed E-state index contributed by atoms with van der Waals surface area (Å²) in [7, 11) is -3.43. The van der Waals surface area contributed by atoms with Gasteiger partial charge in [-0.1, -0.05) is 11.6 Å². The first-order valence-corrected chi connectivity index (χ1v) is 7.29. The molecule has 0 spiro atoms. The minimum Gasteiger partial charge on any atom is -0.478 e. The van der Waals surface area contributed by atoms with Gasteiger partial charge in [0.2, 0.25) is 0 Å². The van der Waals surface area contributed by atoms with E-state index in [0.29, 0.717) is 0 Å². The lowest BCUT2D eigenvalue weighted by molar-refractivity contribution is 0.0697. The van der Waals surface area contributed by atoms with Crippen LogP contribution >= 0.6 is 19.2 Å². The van der Waals surface area contributed by atoms with Gasteiger partial charge in [0, 0.05) is 0 Å². The number of hydrogen-bond donors (Lipinski definition) is 1. The molecule has 0 aliphatic heterocycles. The molecule has 0 atom stereocenters. The lowest BCUT2D eigenvalue weighted by Crippen LogP contribution is -2.12. The third kappa shape index (κ3) is 3.33. The predicted molar refractivity (Wildman–Crippen MR) is 68.9 cm³/mol. The van der Waals surface area contributed by atoms with Gasteiger partial charge in [-0.25, -0.2) is 4.79 Å². The topological polar surface area (TPSA) is 72.8 Å². The number of aromatic carboxylic acids is 1. The molecule has 1 aromatic carbocycles. The fraction of sp³-hybridized carbons (Fsp3) is 0.364. The van der Waals surface area contributed by atoms with Gasteiger partial charge >= 0.3 is 13.6 Å². The molecule has 0 aromatic heterocycles. The number of carbonyl (C=O) groups is 1. The van der Waals surface area contributed by atoms with Crippen molar-refractivity contribution in [2.75, 3.05) is 13.2 Å². The summed E-state index contributed by atoms with van der Waals surface area (Å²) in [5.74, 6) is -1.14. The van der Waals surface area contributed by atoms with E-state index in [1.165, 1.54) is 18.2 Å². The molecule has 1 aromatic rings. The first kappa shape index (κ1) is 15.2. The second-order valence-corrected chi connectivity index (χ2v) is 5.74. The smallest absolute Gasteiger partial charge is 0.361 e. The maximum absolute atomic E-state index is 12.4. The molecule has 0 aliphatic rings. The Morgan fingerprint density at radius 2 is 1.89 bits per heavy atom. The number of benzene rings is 1. The highest BCUT2D eigenvalue weighted by Gasteiger charge is 2.27. The molecule has 0 bridgehead atoms. The van der Waals surface area contributed by atoms with E-state index in [9.17, 15) is 9.36 Å². The average molecular weight is 293 g/mol. The van der Waals surface area contributed by atoms with Gasteiger partial charge in [0.25, 0.3) is 0 Å². The number of carboxylic acid groups (broad SMARTS) is 1. The van der Waals surface area contributed by atoms with Crippen molar-refractivity contribution in [1.29, 1.82) is 0 Å². The van der Waals surface area contributed by atoms with E-state index in [1.807, 2.05) is 0 Å². The quantitative estimate of drug-likeness (QED) is 0.816. The van der Waals surface area contributed by atoms with Crippen LogP contribution in [0.2, 0.25) is 5.02 Å². The molecule has 0 aliphatic carbocycles. The zero-order chi connectivity index (χ0) is 13.8. The zero-order valence-corrected chi connectivity index (χ0v) is 11.7. The Labute approximate surface area is 110 Å². The summed E-state index contributed by atoms with van der Waals surface area (Å²) in [6.45, 7) is 3.82. The minimum absolute atomic E-state index is 0.000342. The van der Waals surface area contributed by atoms with Gasteiger partial charge in [-0.2, -0.15) is 0 Å². The Kier molecular flexibility index (Phi) is 5.35. The van der Waals surface area contributed by atoms with Gasteiger partial charge in [-0.15, -0.1) is 0 Å². The molecule has 0 saturated heterocycles. The molecule has 1 rings (SSSR count). The molecule has 18 heavy (non-hydrogen) atoms. The van der Waals surface area contributed by atoms with E-state index in [4.69, 9.17) is 25.8 Å². The van der Waals surface area contributed by atoms with Gasteiger partial charge in [-0.3, -0.25) is 4.57 Å². The minimum atomic E-state index is -3.43. The number of halogens is 1. The highest BCUT2D eigenvalue weighted by Crippen LogP contribution is 2.47. The molecular weight excluding hydrogens is 279 g/mol.